The first-order valence-electron chi connectivity index (χ1n) is 5.42. The van der Waals surface area contributed by atoms with E-state index in [-0.39, 0.29) is 6.10 Å². The van der Waals surface area contributed by atoms with Gasteiger partial charge in [0.1, 0.15) is 18.5 Å². The van der Waals surface area contributed by atoms with Gasteiger partial charge in [-0.15, -0.1) is 0 Å². The van der Waals surface area contributed by atoms with Crippen LogP contribution in [-0.2, 0) is 9.47 Å². The molecule has 88 valence electrons. The van der Waals surface area contributed by atoms with Gasteiger partial charge < -0.3 is 14.2 Å². The van der Waals surface area contributed by atoms with Crippen LogP contribution in [0.25, 0.3) is 0 Å². The molecule has 1 unspecified atom stereocenters. The number of nitrogens with zero attached hydrogens (tertiary/aromatic N) is 1. The molecule has 0 aromatic carbocycles. The summed E-state index contributed by atoms with van der Waals surface area (Å²) in [5, 5.41) is 0. The maximum Gasteiger partial charge on any atom is 0.163 e. The largest absolute Gasteiger partial charge is 0.490 e. The maximum atomic E-state index is 5.67. The number of ether oxygens (including phenoxy) is 3. The summed E-state index contributed by atoms with van der Waals surface area (Å²) in [5.41, 5.74) is 1.03. The summed E-state index contributed by atoms with van der Waals surface area (Å²) in [6.45, 7) is 6.87. The van der Waals surface area contributed by atoms with Gasteiger partial charge in [-0.25, -0.2) is 0 Å². The van der Waals surface area contributed by atoms with Crippen LogP contribution in [-0.4, -0.2) is 30.1 Å². The van der Waals surface area contributed by atoms with Gasteiger partial charge in [0.2, 0.25) is 0 Å². The molecule has 1 aliphatic heterocycles. The van der Waals surface area contributed by atoms with Crippen molar-refractivity contribution in [2.75, 3.05) is 13.2 Å². The summed E-state index contributed by atoms with van der Waals surface area (Å²) in [5.74, 6) is 0.365. The zero-order valence-electron chi connectivity index (χ0n) is 9.90. The molecule has 0 N–H and O–H groups in total. The van der Waals surface area contributed by atoms with Crippen molar-refractivity contribution >= 4 is 0 Å². The Labute approximate surface area is 95.5 Å². The van der Waals surface area contributed by atoms with Crippen molar-refractivity contribution in [3.63, 3.8) is 0 Å². The number of aromatic nitrogens is 1. The van der Waals surface area contributed by atoms with Crippen molar-refractivity contribution in [2.45, 2.75) is 32.7 Å². The van der Waals surface area contributed by atoms with Crippen LogP contribution in [0.15, 0.2) is 18.5 Å². The molecule has 0 aliphatic carbocycles. The molecule has 1 fully saturated rings. The molecule has 0 amide bonds. The highest BCUT2D eigenvalue weighted by Gasteiger charge is 2.32. The Morgan fingerprint density at radius 3 is 3.00 bits per heavy atom. The second-order valence-electron chi connectivity index (χ2n) is 4.40. The molecule has 4 nitrogen and oxygen atoms in total. The van der Waals surface area contributed by atoms with Crippen molar-refractivity contribution in [2.24, 2.45) is 0 Å². The van der Waals surface area contributed by atoms with Gasteiger partial charge in [-0.3, -0.25) is 4.98 Å². The first-order chi connectivity index (χ1) is 7.57. The Hall–Kier alpha value is -1.13. The molecule has 0 radical (unpaired) electrons. The van der Waals surface area contributed by atoms with Crippen LogP contribution in [0, 0.1) is 6.92 Å². The molecule has 1 aliphatic rings. The summed E-state index contributed by atoms with van der Waals surface area (Å²) in [6, 6.07) is 1.86. The molecule has 1 saturated heterocycles. The fraction of sp³-hybridized carbons (Fsp3) is 0.583. The second kappa shape index (κ2) is 4.39. The Morgan fingerprint density at radius 1 is 1.56 bits per heavy atom. The van der Waals surface area contributed by atoms with Gasteiger partial charge in [0, 0.05) is 18.0 Å². The van der Waals surface area contributed by atoms with Crippen molar-refractivity contribution in [3.8, 4) is 5.75 Å². The number of aryl methyl sites for hydroxylation is 1. The minimum absolute atomic E-state index is 0.00238. The number of hydrogen-bond acceptors (Lipinski definition) is 4. The fourth-order valence-electron chi connectivity index (χ4n) is 1.65. The van der Waals surface area contributed by atoms with Gasteiger partial charge >= 0.3 is 0 Å². The van der Waals surface area contributed by atoms with Crippen LogP contribution in [0.3, 0.4) is 0 Å². The molecule has 0 spiro atoms. The maximum absolute atomic E-state index is 5.67. The summed E-state index contributed by atoms with van der Waals surface area (Å²) in [4.78, 5) is 4.01. The van der Waals surface area contributed by atoms with E-state index in [9.17, 15) is 0 Å². The normalized spacial score (nSPS) is 23.3. The molecule has 2 heterocycles. The van der Waals surface area contributed by atoms with E-state index in [1.807, 2.05) is 26.8 Å². The molecule has 2 rings (SSSR count). The second-order valence-corrected chi connectivity index (χ2v) is 4.40. The van der Waals surface area contributed by atoms with Gasteiger partial charge in [0.05, 0.1) is 6.61 Å². The van der Waals surface area contributed by atoms with Crippen LogP contribution < -0.4 is 4.74 Å². The van der Waals surface area contributed by atoms with Crippen LogP contribution >= 0.6 is 0 Å². The molecular weight excluding hydrogens is 206 g/mol. The molecule has 16 heavy (non-hydrogen) atoms. The zero-order valence-corrected chi connectivity index (χ0v) is 9.90. The highest BCUT2D eigenvalue weighted by Crippen LogP contribution is 2.23. The summed E-state index contributed by atoms with van der Waals surface area (Å²) >= 11 is 0. The van der Waals surface area contributed by atoms with Crippen LogP contribution in [0.1, 0.15) is 19.4 Å². The van der Waals surface area contributed by atoms with E-state index in [2.05, 4.69) is 4.98 Å². The average Bonchev–Trinajstić information content (AvgIpc) is 2.57. The Bertz CT molecular complexity index is 365. The standard InChI is InChI=1S/C12H17NO3/c1-9-6-13-5-4-11(9)14-7-10-8-15-12(2,3)16-10/h4-6,10H,7-8H2,1-3H3. The van der Waals surface area contributed by atoms with E-state index in [1.54, 1.807) is 12.4 Å². The van der Waals surface area contributed by atoms with Gasteiger partial charge in [0.25, 0.3) is 0 Å². The zero-order chi connectivity index (χ0) is 11.6. The molecule has 1 aromatic rings. The third-order valence-corrected chi connectivity index (χ3v) is 2.46. The van der Waals surface area contributed by atoms with Crippen molar-refractivity contribution in [1.29, 1.82) is 0 Å². The number of hydrogen-bond donors (Lipinski definition) is 0. The van der Waals surface area contributed by atoms with Gasteiger partial charge in [0.15, 0.2) is 5.79 Å². The summed E-state index contributed by atoms with van der Waals surface area (Å²) in [6.07, 6.45) is 3.51. The Kier molecular flexibility index (Phi) is 3.12. The van der Waals surface area contributed by atoms with Crippen LogP contribution in [0.4, 0.5) is 0 Å². The number of rotatable bonds is 3. The van der Waals surface area contributed by atoms with E-state index < -0.39 is 5.79 Å². The Balaban J connectivity index is 1.87. The summed E-state index contributed by atoms with van der Waals surface area (Å²) < 4.78 is 16.8. The van der Waals surface area contributed by atoms with E-state index in [0.717, 1.165) is 11.3 Å². The molecule has 1 aromatic heterocycles. The first-order valence-corrected chi connectivity index (χ1v) is 5.42. The quantitative estimate of drug-likeness (QED) is 0.785. The van der Waals surface area contributed by atoms with E-state index in [4.69, 9.17) is 14.2 Å². The molecule has 0 bridgehead atoms. The van der Waals surface area contributed by atoms with E-state index in [0.29, 0.717) is 13.2 Å². The van der Waals surface area contributed by atoms with Crippen molar-refractivity contribution in [3.05, 3.63) is 24.0 Å². The number of pyridine rings is 1. The third-order valence-electron chi connectivity index (χ3n) is 2.46. The SMILES string of the molecule is Cc1cnccc1OCC1COC(C)(C)O1. The smallest absolute Gasteiger partial charge is 0.163 e. The average molecular weight is 223 g/mol. The van der Waals surface area contributed by atoms with E-state index in [1.165, 1.54) is 0 Å². The predicted molar refractivity (Wildman–Crippen MR) is 59.4 cm³/mol. The molecule has 1 atom stereocenters. The Morgan fingerprint density at radius 2 is 2.38 bits per heavy atom. The van der Waals surface area contributed by atoms with Crippen molar-refractivity contribution < 1.29 is 14.2 Å². The third kappa shape index (κ3) is 2.71. The molecular formula is C12H17NO3. The summed E-state index contributed by atoms with van der Waals surface area (Å²) in [7, 11) is 0. The fourth-order valence-corrected chi connectivity index (χ4v) is 1.65. The monoisotopic (exact) mass is 223 g/mol. The van der Waals surface area contributed by atoms with Gasteiger partial charge in [-0.2, -0.15) is 0 Å². The topological polar surface area (TPSA) is 40.6 Å². The van der Waals surface area contributed by atoms with Crippen LogP contribution in [0.2, 0.25) is 0 Å². The predicted octanol–water partition coefficient (Wildman–Crippen LogP) is 1.92. The lowest BCUT2D eigenvalue weighted by Crippen LogP contribution is -2.25. The highest BCUT2D eigenvalue weighted by molar-refractivity contribution is 5.28. The lowest BCUT2D eigenvalue weighted by molar-refractivity contribution is -0.141. The lowest BCUT2D eigenvalue weighted by Gasteiger charge is -2.17. The lowest BCUT2D eigenvalue weighted by atomic mass is 10.3. The first kappa shape index (κ1) is 11.4. The highest BCUT2D eigenvalue weighted by atomic mass is 16.7. The minimum Gasteiger partial charge on any atom is -0.490 e. The van der Waals surface area contributed by atoms with Crippen LogP contribution in [0.5, 0.6) is 5.75 Å². The molecule has 4 heteroatoms. The molecule has 0 saturated carbocycles. The minimum atomic E-state index is -0.485. The van der Waals surface area contributed by atoms with Crippen molar-refractivity contribution in [1.82, 2.24) is 4.98 Å². The van der Waals surface area contributed by atoms with E-state index >= 15 is 0 Å². The van der Waals surface area contributed by atoms with Gasteiger partial charge in [-0.1, -0.05) is 0 Å². The van der Waals surface area contributed by atoms with Gasteiger partial charge in [-0.05, 0) is 26.8 Å².